The number of H-pyrrole nitrogens is 1. The molecule has 0 aliphatic rings. The fraction of sp³-hybridized carbons (Fsp3) is 0.286. The first-order valence-corrected chi connectivity index (χ1v) is 8.85. The van der Waals surface area contributed by atoms with E-state index in [0.29, 0.717) is 13.1 Å². The number of benzene rings is 2. The Balaban J connectivity index is 1.46. The van der Waals surface area contributed by atoms with E-state index < -0.39 is 0 Å². The number of carbonyl (C=O) groups is 1. The number of amides is 1. The SMILES string of the molecule is CCN(Cc1ccccc1)C(=O)CNCCc1c[nH]c2ccccc12. The van der Waals surface area contributed by atoms with Gasteiger partial charge in [0.2, 0.25) is 5.91 Å². The van der Waals surface area contributed by atoms with E-state index in [-0.39, 0.29) is 5.91 Å². The van der Waals surface area contributed by atoms with Crippen molar-refractivity contribution < 1.29 is 4.79 Å². The van der Waals surface area contributed by atoms with E-state index in [4.69, 9.17) is 0 Å². The summed E-state index contributed by atoms with van der Waals surface area (Å²) in [5.74, 6) is 0.144. The van der Waals surface area contributed by atoms with Crippen LogP contribution < -0.4 is 5.32 Å². The van der Waals surface area contributed by atoms with Crippen LogP contribution in [-0.2, 0) is 17.8 Å². The predicted octanol–water partition coefficient (Wildman–Crippen LogP) is 3.35. The van der Waals surface area contributed by atoms with Crippen LogP contribution in [-0.4, -0.2) is 35.4 Å². The standard InChI is InChI=1S/C21H25N3O/c1-2-24(16-17-8-4-3-5-9-17)21(25)15-22-13-12-18-14-23-20-11-7-6-10-19(18)20/h3-11,14,22-23H,2,12-13,15-16H2,1H3. The lowest BCUT2D eigenvalue weighted by molar-refractivity contribution is -0.130. The third kappa shape index (κ3) is 4.48. The Labute approximate surface area is 148 Å². The molecule has 0 unspecified atom stereocenters. The van der Waals surface area contributed by atoms with Gasteiger partial charge in [0.05, 0.1) is 6.54 Å². The summed E-state index contributed by atoms with van der Waals surface area (Å²) < 4.78 is 0. The van der Waals surface area contributed by atoms with Gasteiger partial charge in [-0.1, -0.05) is 48.5 Å². The van der Waals surface area contributed by atoms with Gasteiger partial charge in [0.15, 0.2) is 0 Å². The number of aromatic amines is 1. The highest BCUT2D eigenvalue weighted by molar-refractivity contribution is 5.83. The Morgan fingerprint density at radius 2 is 1.84 bits per heavy atom. The highest BCUT2D eigenvalue weighted by atomic mass is 16.2. The van der Waals surface area contributed by atoms with Gasteiger partial charge in [-0.05, 0) is 37.1 Å². The summed E-state index contributed by atoms with van der Waals surface area (Å²) in [5, 5.41) is 4.54. The Morgan fingerprint density at radius 1 is 1.08 bits per heavy atom. The molecule has 4 heteroatoms. The highest BCUT2D eigenvalue weighted by Crippen LogP contribution is 2.17. The Hall–Kier alpha value is -2.59. The molecule has 1 amide bonds. The molecule has 2 aromatic carbocycles. The fourth-order valence-electron chi connectivity index (χ4n) is 3.05. The van der Waals surface area contributed by atoms with E-state index in [9.17, 15) is 4.79 Å². The molecule has 3 aromatic rings. The van der Waals surface area contributed by atoms with E-state index in [0.717, 1.165) is 30.6 Å². The van der Waals surface area contributed by atoms with Crippen LogP contribution in [0.4, 0.5) is 0 Å². The molecule has 0 saturated heterocycles. The highest BCUT2D eigenvalue weighted by Gasteiger charge is 2.11. The maximum absolute atomic E-state index is 12.4. The van der Waals surface area contributed by atoms with Gasteiger partial charge in [-0.3, -0.25) is 4.79 Å². The molecule has 0 aliphatic heterocycles. The van der Waals surface area contributed by atoms with Crippen molar-refractivity contribution in [3.8, 4) is 0 Å². The minimum Gasteiger partial charge on any atom is -0.361 e. The summed E-state index contributed by atoms with van der Waals surface area (Å²) in [6.45, 7) is 4.57. The van der Waals surface area contributed by atoms with Gasteiger partial charge in [-0.25, -0.2) is 0 Å². The molecule has 0 aliphatic carbocycles. The number of carbonyl (C=O) groups excluding carboxylic acids is 1. The van der Waals surface area contributed by atoms with Crippen molar-refractivity contribution in [3.05, 3.63) is 71.9 Å². The summed E-state index contributed by atoms with van der Waals surface area (Å²) in [7, 11) is 0. The number of likely N-dealkylation sites (N-methyl/N-ethyl adjacent to an activating group) is 1. The van der Waals surface area contributed by atoms with Crippen molar-refractivity contribution in [1.82, 2.24) is 15.2 Å². The first-order valence-electron chi connectivity index (χ1n) is 8.85. The minimum absolute atomic E-state index is 0.144. The van der Waals surface area contributed by atoms with Crippen LogP contribution in [0.1, 0.15) is 18.1 Å². The number of rotatable bonds is 8. The lowest BCUT2D eigenvalue weighted by Gasteiger charge is -2.21. The number of nitrogens with zero attached hydrogens (tertiary/aromatic N) is 1. The van der Waals surface area contributed by atoms with Gasteiger partial charge in [0.25, 0.3) is 0 Å². The van der Waals surface area contributed by atoms with E-state index in [1.807, 2.05) is 36.1 Å². The van der Waals surface area contributed by atoms with Crippen LogP contribution in [0.15, 0.2) is 60.8 Å². The Morgan fingerprint density at radius 3 is 2.64 bits per heavy atom. The van der Waals surface area contributed by atoms with Crippen LogP contribution in [0.25, 0.3) is 10.9 Å². The maximum atomic E-state index is 12.4. The van der Waals surface area contributed by atoms with Crippen molar-refractivity contribution in [2.45, 2.75) is 19.9 Å². The molecule has 0 radical (unpaired) electrons. The zero-order valence-electron chi connectivity index (χ0n) is 14.7. The number of aromatic nitrogens is 1. The Bertz CT molecular complexity index is 810. The number of nitrogens with one attached hydrogen (secondary N) is 2. The van der Waals surface area contributed by atoms with Gasteiger partial charge < -0.3 is 15.2 Å². The minimum atomic E-state index is 0.144. The molecule has 0 fully saturated rings. The van der Waals surface area contributed by atoms with Gasteiger partial charge in [0, 0.05) is 30.2 Å². The normalized spacial score (nSPS) is 10.9. The second kappa shape index (κ2) is 8.49. The molecule has 0 saturated carbocycles. The predicted molar refractivity (Wildman–Crippen MR) is 102 cm³/mol. The van der Waals surface area contributed by atoms with Crippen molar-refractivity contribution in [1.29, 1.82) is 0 Å². The van der Waals surface area contributed by atoms with Crippen LogP contribution in [0.3, 0.4) is 0 Å². The number of fused-ring (bicyclic) bond motifs is 1. The monoisotopic (exact) mass is 335 g/mol. The van der Waals surface area contributed by atoms with Crippen molar-refractivity contribution in [2.24, 2.45) is 0 Å². The molecule has 4 nitrogen and oxygen atoms in total. The molecule has 0 spiro atoms. The van der Waals surface area contributed by atoms with Gasteiger partial charge >= 0.3 is 0 Å². The summed E-state index contributed by atoms with van der Waals surface area (Å²) >= 11 is 0. The van der Waals surface area contributed by atoms with Gasteiger partial charge in [-0.2, -0.15) is 0 Å². The number of para-hydroxylation sites is 1. The molecule has 1 aromatic heterocycles. The first kappa shape index (κ1) is 17.2. The number of hydrogen-bond donors (Lipinski definition) is 2. The van der Waals surface area contributed by atoms with Gasteiger partial charge in [-0.15, -0.1) is 0 Å². The molecule has 0 atom stereocenters. The average molecular weight is 335 g/mol. The fourth-order valence-corrected chi connectivity index (χ4v) is 3.05. The van der Waals surface area contributed by atoms with Crippen LogP contribution >= 0.6 is 0 Å². The molecule has 1 heterocycles. The number of hydrogen-bond acceptors (Lipinski definition) is 2. The zero-order valence-corrected chi connectivity index (χ0v) is 14.7. The Kier molecular flexibility index (Phi) is 5.86. The van der Waals surface area contributed by atoms with E-state index >= 15 is 0 Å². The summed E-state index contributed by atoms with van der Waals surface area (Å²) in [4.78, 5) is 17.6. The maximum Gasteiger partial charge on any atom is 0.236 e. The van der Waals surface area contributed by atoms with E-state index in [2.05, 4.69) is 46.8 Å². The molecule has 130 valence electrons. The molecular weight excluding hydrogens is 310 g/mol. The zero-order chi connectivity index (χ0) is 17.5. The van der Waals surface area contributed by atoms with E-state index in [1.165, 1.54) is 10.9 Å². The summed E-state index contributed by atoms with van der Waals surface area (Å²) in [5.41, 5.74) is 3.61. The second-order valence-electron chi connectivity index (χ2n) is 6.18. The smallest absolute Gasteiger partial charge is 0.236 e. The summed E-state index contributed by atoms with van der Waals surface area (Å²) in [6.07, 6.45) is 2.96. The largest absolute Gasteiger partial charge is 0.361 e. The molecule has 3 rings (SSSR count). The molecule has 25 heavy (non-hydrogen) atoms. The quantitative estimate of drug-likeness (QED) is 0.620. The van der Waals surface area contributed by atoms with Crippen LogP contribution in [0.5, 0.6) is 0 Å². The van der Waals surface area contributed by atoms with Gasteiger partial charge in [0.1, 0.15) is 0 Å². The third-order valence-corrected chi connectivity index (χ3v) is 4.47. The molecule has 2 N–H and O–H groups in total. The molecule has 0 bridgehead atoms. The lowest BCUT2D eigenvalue weighted by atomic mass is 10.1. The first-order chi connectivity index (χ1) is 12.3. The second-order valence-corrected chi connectivity index (χ2v) is 6.18. The van der Waals surface area contributed by atoms with Crippen molar-refractivity contribution in [3.63, 3.8) is 0 Å². The van der Waals surface area contributed by atoms with Crippen molar-refractivity contribution >= 4 is 16.8 Å². The topological polar surface area (TPSA) is 48.1 Å². The van der Waals surface area contributed by atoms with E-state index in [1.54, 1.807) is 0 Å². The summed E-state index contributed by atoms with van der Waals surface area (Å²) in [6, 6.07) is 18.4. The van der Waals surface area contributed by atoms with Crippen LogP contribution in [0.2, 0.25) is 0 Å². The third-order valence-electron chi connectivity index (χ3n) is 4.47. The lowest BCUT2D eigenvalue weighted by Crippen LogP contribution is -2.38. The molecular formula is C21H25N3O. The van der Waals surface area contributed by atoms with Crippen molar-refractivity contribution in [2.75, 3.05) is 19.6 Å². The average Bonchev–Trinajstić information content (AvgIpc) is 3.07. The van der Waals surface area contributed by atoms with Crippen LogP contribution in [0, 0.1) is 0 Å².